The van der Waals surface area contributed by atoms with E-state index >= 15 is 0 Å². The summed E-state index contributed by atoms with van der Waals surface area (Å²) in [6, 6.07) is 0. The first-order chi connectivity index (χ1) is 5.71. The van der Waals surface area contributed by atoms with Crippen LogP contribution in [0.4, 0.5) is 0 Å². The Hall–Kier alpha value is 1.66. The normalized spacial score (nSPS) is 11.9. The van der Waals surface area contributed by atoms with Crippen molar-refractivity contribution in [2.24, 2.45) is 0 Å². The molecule has 0 radical (unpaired) electrons. The molecular weight excluding hydrogens is 374 g/mol. The second-order valence-electron chi connectivity index (χ2n) is 1.32. The summed E-state index contributed by atoms with van der Waals surface area (Å²) in [4.78, 5) is 0. The molecule has 11 nitrogen and oxygen atoms in total. The molecule has 0 aliphatic carbocycles. The standard InChI is InChI=1S/2Cr.K.Mn.3H2O.8O.H/h;;;;3*1H2;;;;;;;;;/q2*+1;;+1;;;;;;;;;;;;/p-3. The molecule has 15 heteroatoms. The van der Waals surface area contributed by atoms with Crippen molar-refractivity contribution in [3.05, 3.63) is 0 Å². The van der Waals surface area contributed by atoms with Crippen molar-refractivity contribution in [3.63, 3.8) is 0 Å². The summed E-state index contributed by atoms with van der Waals surface area (Å²) in [6.07, 6.45) is 0. The molecule has 3 N–H and O–H groups in total. The van der Waals surface area contributed by atoms with Gasteiger partial charge in [0.25, 0.3) is 0 Å². The fraction of sp³-hybridized carbons (Fsp3) is 0. The molecule has 90 valence electrons. The summed E-state index contributed by atoms with van der Waals surface area (Å²) < 4.78 is 89.3. The van der Waals surface area contributed by atoms with Crippen molar-refractivity contribution in [2.45, 2.75) is 0 Å². The Morgan fingerprint density at radius 3 is 1.00 bits per heavy atom. The Morgan fingerprint density at radius 2 is 1.00 bits per heavy atom. The van der Waals surface area contributed by atoms with Gasteiger partial charge in [-0.05, 0) is 0 Å². The molecule has 0 heterocycles. The summed E-state index contributed by atoms with van der Waals surface area (Å²) in [5.74, 6) is 0. The van der Waals surface area contributed by atoms with Crippen molar-refractivity contribution in [2.75, 3.05) is 0 Å². The zero-order valence-electron chi connectivity index (χ0n) is 5.80. The predicted molar refractivity (Wildman–Crippen MR) is 19.7 cm³/mol. The van der Waals surface area contributed by atoms with Crippen molar-refractivity contribution >= 4 is 51.4 Å². The molecule has 0 fully saturated rings. The molecule has 0 unspecified atom stereocenters. The Labute approximate surface area is 131 Å². The first-order valence-corrected chi connectivity index (χ1v) is 8.23. The molecule has 0 bridgehead atoms. The van der Waals surface area contributed by atoms with Gasteiger partial charge in [-0.1, -0.05) is 0 Å². The molecule has 0 saturated heterocycles. The van der Waals surface area contributed by atoms with E-state index in [2.05, 4.69) is 2.84 Å². The van der Waals surface area contributed by atoms with Gasteiger partial charge in [-0.2, -0.15) is 0 Å². The Balaban J connectivity index is -0.000000208. The van der Waals surface area contributed by atoms with Crippen LogP contribution in [0.1, 0.15) is 0 Å². The van der Waals surface area contributed by atoms with E-state index in [9.17, 15) is 15.2 Å². The van der Waals surface area contributed by atoms with Gasteiger partial charge in [-0.3, -0.25) is 0 Å². The van der Waals surface area contributed by atoms with E-state index in [1.54, 1.807) is 0 Å². The van der Waals surface area contributed by atoms with Crippen LogP contribution in [-0.4, -0.2) is 63.9 Å². The maximum absolute atomic E-state index is 9.53. The average Bonchev–Trinajstić information content (AvgIpc) is 1.42. The Bertz CT molecular complexity index is 466. The zero-order valence-corrected chi connectivity index (χ0v) is 9.53. The monoisotopic (exact) mass is 378 g/mol. The van der Waals surface area contributed by atoms with E-state index in [-0.39, 0.29) is 51.4 Å². The topological polar surface area (TPSA) is 189 Å². The van der Waals surface area contributed by atoms with Gasteiger partial charge in [0.05, 0.1) is 0 Å². The second kappa shape index (κ2) is 7.89. The summed E-state index contributed by atoms with van der Waals surface area (Å²) >= 11 is -16.9. The van der Waals surface area contributed by atoms with Crippen LogP contribution in [0.2, 0.25) is 0 Å². The van der Waals surface area contributed by atoms with Crippen molar-refractivity contribution in [1.82, 2.24) is 0 Å². The first kappa shape index (κ1) is 21.9. The van der Waals surface area contributed by atoms with Gasteiger partial charge in [0.15, 0.2) is 0 Å². The Kier molecular flexibility index (Phi) is 11.5. The predicted octanol–water partition coefficient (Wildman–Crippen LogP) is -3.23. The number of hydrogen-bond acceptors (Lipinski definition) is 8. The van der Waals surface area contributed by atoms with Gasteiger partial charge in [-0.15, -0.1) is 0 Å². The van der Waals surface area contributed by atoms with E-state index < -0.39 is 40.2 Å². The van der Waals surface area contributed by atoms with Crippen LogP contribution in [0.25, 0.3) is 0 Å². The number of rotatable bonds is 2. The maximum atomic E-state index is 9.53. The van der Waals surface area contributed by atoms with E-state index in [1.165, 1.54) is 0 Å². The molecular formula is H4Cr2KMnO11. The van der Waals surface area contributed by atoms with Gasteiger partial charge in [0.2, 0.25) is 0 Å². The molecule has 0 atom stereocenters. The molecule has 0 rings (SSSR count). The molecule has 0 saturated carbocycles. The minimum absolute atomic E-state index is 0. The average molecular weight is 378 g/mol. The van der Waals surface area contributed by atoms with Crippen molar-refractivity contribution < 1.29 is 82.3 Å². The van der Waals surface area contributed by atoms with E-state index in [0.29, 0.717) is 0 Å². The Morgan fingerprint density at radius 1 is 0.867 bits per heavy atom. The summed E-state index contributed by atoms with van der Waals surface area (Å²) in [6.45, 7) is 0. The van der Waals surface area contributed by atoms with Crippen molar-refractivity contribution in [1.29, 1.82) is 0 Å². The van der Waals surface area contributed by atoms with Gasteiger partial charge < -0.3 is 0 Å². The molecule has 0 aromatic heterocycles. The quantitative estimate of drug-likeness (QED) is 0.410. The molecule has 0 spiro atoms. The van der Waals surface area contributed by atoms with Gasteiger partial charge in [-0.25, -0.2) is 0 Å². The van der Waals surface area contributed by atoms with Crippen molar-refractivity contribution in [3.8, 4) is 0 Å². The van der Waals surface area contributed by atoms with Gasteiger partial charge in [0, 0.05) is 0 Å². The number of hydrogen-bond donors (Lipinski definition) is 3. The van der Waals surface area contributed by atoms with E-state index in [1.807, 2.05) is 0 Å². The third kappa shape index (κ3) is 49.8. The molecule has 0 amide bonds. The van der Waals surface area contributed by atoms with E-state index in [0.717, 1.165) is 0 Å². The third-order valence-electron chi connectivity index (χ3n) is 0.172. The molecule has 0 aromatic rings. The van der Waals surface area contributed by atoms with Crippen LogP contribution in [0.5, 0.6) is 0 Å². The fourth-order valence-electron chi connectivity index (χ4n) is 0.109. The van der Waals surface area contributed by atoms with Crippen LogP contribution in [0, 0.1) is 0 Å². The molecule has 15 heavy (non-hydrogen) atoms. The minimum atomic E-state index is -5.76. The van der Waals surface area contributed by atoms with Gasteiger partial charge in [0.1, 0.15) is 0 Å². The fourth-order valence-corrected chi connectivity index (χ4v) is 1.85. The third-order valence-corrected chi connectivity index (χ3v) is 2.92. The summed E-state index contributed by atoms with van der Waals surface area (Å²) in [5, 5.41) is 0. The van der Waals surface area contributed by atoms with Crippen LogP contribution in [0.3, 0.4) is 0 Å². The second-order valence-corrected chi connectivity index (χ2v) is 6.32. The molecule has 0 aliphatic heterocycles. The van der Waals surface area contributed by atoms with Crippen LogP contribution >= 0.6 is 0 Å². The molecule has 0 aliphatic rings. The summed E-state index contributed by atoms with van der Waals surface area (Å²) in [7, 11) is 0. The molecule has 0 aromatic carbocycles. The van der Waals surface area contributed by atoms with E-state index in [4.69, 9.17) is 24.0 Å². The van der Waals surface area contributed by atoms with Crippen LogP contribution in [0.15, 0.2) is 0 Å². The first-order valence-electron chi connectivity index (χ1n) is 2.00. The van der Waals surface area contributed by atoms with Crippen LogP contribution in [-0.2, 0) is 69.8 Å². The zero-order chi connectivity index (χ0) is 12.2. The SMILES string of the molecule is [KH].[O]=[Cr](=[O])([OH])[O][Cr](=[O])(=[O])[OH].[O]=[Mn](=[O])(=[O])[OH]. The van der Waals surface area contributed by atoms with Gasteiger partial charge >= 0.3 is 134 Å². The summed E-state index contributed by atoms with van der Waals surface area (Å²) in [5.41, 5.74) is 0. The van der Waals surface area contributed by atoms with Crippen LogP contribution < -0.4 is 0 Å².